The van der Waals surface area contributed by atoms with Gasteiger partial charge in [-0.1, -0.05) is 74.0 Å². The van der Waals surface area contributed by atoms with Crippen LogP contribution >= 0.6 is 11.3 Å². The number of carbonyl (C=O) groups is 1. The fourth-order valence-electron chi connectivity index (χ4n) is 5.40. The number of unbranched alkanes of at least 4 members (excludes halogenated alkanes) is 1. The smallest absolute Gasteiger partial charge is 0.341 e. The average molecular weight is 585 g/mol. The lowest BCUT2D eigenvalue weighted by molar-refractivity contribution is 0.0525. The van der Waals surface area contributed by atoms with Crippen molar-refractivity contribution in [3.63, 3.8) is 0 Å². The van der Waals surface area contributed by atoms with E-state index in [-0.39, 0.29) is 30.5 Å². The molecule has 0 spiro atoms. The molecule has 0 bridgehead atoms. The largest absolute Gasteiger partial charge is 0.462 e. The summed E-state index contributed by atoms with van der Waals surface area (Å²) in [6.07, 6.45) is 2.58. The molecule has 0 fully saturated rings. The molecule has 2 N–H and O–H groups in total. The first kappa shape index (κ1) is 29.5. The molecule has 3 aromatic carbocycles. The van der Waals surface area contributed by atoms with Gasteiger partial charge in [-0.3, -0.25) is 9.89 Å². The number of thiophene rings is 1. The maximum absolute atomic E-state index is 13.6. The van der Waals surface area contributed by atoms with Crippen LogP contribution in [-0.4, -0.2) is 37.0 Å². The first-order chi connectivity index (χ1) is 20.5. The molecular weight excluding hydrogens is 547 g/mol. The number of likely N-dealkylation sites (N-methyl/N-ethyl adjacent to an activating group) is 1. The van der Waals surface area contributed by atoms with Gasteiger partial charge in [-0.25, -0.2) is 9.18 Å². The number of aliphatic imine (C=N–C) groups is 1. The van der Waals surface area contributed by atoms with E-state index in [9.17, 15) is 9.18 Å². The lowest BCUT2D eigenvalue weighted by Crippen LogP contribution is -2.35. The van der Waals surface area contributed by atoms with Crippen molar-refractivity contribution in [3.8, 4) is 0 Å². The van der Waals surface area contributed by atoms with Gasteiger partial charge in [0.15, 0.2) is 0 Å². The molecule has 0 saturated carbocycles. The second-order valence-corrected chi connectivity index (χ2v) is 11.4. The van der Waals surface area contributed by atoms with Gasteiger partial charge in [0.05, 0.1) is 18.2 Å². The van der Waals surface area contributed by atoms with Gasteiger partial charge in [-0.2, -0.15) is 0 Å². The highest BCUT2D eigenvalue weighted by Crippen LogP contribution is 2.49. The molecular formula is C34H37FN4O2S. The fourth-order valence-corrected chi connectivity index (χ4v) is 6.80. The van der Waals surface area contributed by atoms with E-state index in [2.05, 4.69) is 78.0 Å². The van der Waals surface area contributed by atoms with Crippen molar-refractivity contribution in [1.29, 1.82) is 0 Å². The second kappa shape index (κ2) is 13.8. The number of benzene rings is 3. The molecule has 5 rings (SSSR count). The summed E-state index contributed by atoms with van der Waals surface area (Å²) in [6.45, 7) is 4.83. The number of carbonyl (C=O) groups excluding carboxylic acids is 1. The first-order valence-electron chi connectivity index (χ1n) is 14.5. The average Bonchev–Trinajstić information content (AvgIpc) is 3.36. The van der Waals surface area contributed by atoms with E-state index in [4.69, 9.17) is 9.73 Å². The highest BCUT2D eigenvalue weighted by molar-refractivity contribution is 7.17. The summed E-state index contributed by atoms with van der Waals surface area (Å²) in [6, 6.07) is 27.0. The van der Waals surface area contributed by atoms with Crippen molar-refractivity contribution in [1.82, 2.24) is 4.90 Å². The number of halogens is 1. The Balaban J connectivity index is 1.62. The van der Waals surface area contributed by atoms with Gasteiger partial charge in [0.1, 0.15) is 10.8 Å². The van der Waals surface area contributed by atoms with Gasteiger partial charge in [0.2, 0.25) is 5.96 Å². The Bertz CT molecular complexity index is 1510. The van der Waals surface area contributed by atoms with Crippen LogP contribution in [0.25, 0.3) is 0 Å². The quantitative estimate of drug-likeness (QED) is 0.0902. The van der Waals surface area contributed by atoms with Crippen LogP contribution in [0.1, 0.15) is 70.7 Å². The standard InChI is InChI=1S/C34H37FN4O2S/c1-4-6-21-36-34(37-26-19-17-25(35)18-20-26)38-32-29(33(40)41-5-2)27-22-28(23-13-9-7-10-14-23)39(3)30(31(27)42-32)24-15-11-8-12-16-24/h7-20,28,30H,4-6,21-22H2,1-3H3,(H2,36,37,38). The summed E-state index contributed by atoms with van der Waals surface area (Å²) in [7, 11) is 2.16. The zero-order valence-electron chi connectivity index (χ0n) is 24.3. The Morgan fingerprint density at radius 3 is 2.29 bits per heavy atom. The van der Waals surface area contributed by atoms with Crippen molar-refractivity contribution in [2.45, 2.75) is 45.2 Å². The maximum atomic E-state index is 13.6. The molecule has 2 unspecified atom stereocenters. The molecule has 0 amide bonds. The minimum absolute atomic E-state index is 0.0561. The molecule has 1 aromatic heterocycles. The van der Waals surface area contributed by atoms with Crippen LogP contribution in [0.2, 0.25) is 0 Å². The number of nitrogens with zero attached hydrogens (tertiary/aromatic N) is 2. The predicted molar refractivity (Wildman–Crippen MR) is 170 cm³/mol. The first-order valence-corrected chi connectivity index (χ1v) is 15.3. The summed E-state index contributed by atoms with van der Waals surface area (Å²) in [5.74, 6) is -0.156. The highest BCUT2D eigenvalue weighted by atomic mass is 32.1. The van der Waals surface area contributed by atoms with E-state index in [0.29, 0.717) is 35.2 Å². The van der Waals surface area contributed by atoms with Crippen LogP contribution in [0.4, 0.5) is 15.1 Å². The number of rotatable bonds is 9. The number of fused-ring (bicyclic) bond motifs is 1. The molecule has 0 aliphatic carbocycles. The van der Waals surface area contributed by atoms with Crippen LogP contribution in [-0.2, 0) is 11.2 Å². The number of ether oxygens (including phenoxy) is 1. The van der Waals surface area contributed by atoms with Crippen molar-refractivity contribution in [3.05, 3.63) is 118 Å². The molecule has 4 aromatic rings. The van der Waals surface area contributed by atoms with Gasteiger partial charge in [-0.15, -0.1) is 11.3 Å². The van der Waals surface area contributed by atoms with Gasteiger partial charge in [-0.05, 0) is 67.8 Å². The number of nitrogens with one attached hydrogen (secondary N) is 2. The van der Waals surface area contributed by atoms with Crippen molar-refractivity contribution < 1.29 is 13.9 Å². The molecule has 6 nitrogen and oxygen atoms in total. The maximum Gasteiger partial charge on any atom is 0.341 e. The zero-order valence-corrected chi connectivity index (χ0v) is 25.1. The van der Waals surface area contributed by atoms with E-state index in [0.717, 1.165) is 28.8 Å². The van der Waals surface area contributed by atoms with Crippen LogP contribution in [0.15, 0.2) is 89.9 Å². The van der Waals surface area contributed by atoms with E-state index < -0.39 is 0 Å². The summed E-state index contributed by atoms with van der Waals surface area (Å²) in [5.41, 5.74) is 4.60. The van der Waals surface area contributed by atoms with Gasteiger partial charge in [0.25, 0.3) is 0 Å². The molecule has 0 saturated heterocycles. The minimum atomic E-state index is -0.352. The summed E-state index contributed by atoms with van der Waals surface area (Å²) in [4.78, 5) is 21.9. The zero-order chi connectivity index (χ0) is 29.5. The van der Waals surface area contributed by atoms with Crippen molar-refractivity contribution >= 4 is 34.0 Å². The topological polar surface area (TPSA) is 66.0 Å². The lowest BCUT2D eigenvalue weighted by atomic mass is 9.86. The molecule has 2 heterocycles. The van der Waals surface area contributed by atoms with Crippen molar-refractivity contribution in [2.75, 3.05) is 30.8 Å². The predicted octanol–water partition coefficient (Wildman–Crippen LogP) is 8.06. The third-order valence-corrected chi connectivity index (χ3v) is 8.68. The van der Waals surface area contributed by atoms with E-state index >= 15 is 0 Å². The number of guanidine groups is 1. The Morgan fingerprint density at radius 2 is 1.64 bits per heavy atom. The SMILES string of the molecule is CCCCN=C(Nc1ccc(F)cc1)Nc1sc2c(c1C(=O)OCC)CC(c1ccccc1)N(C)C2c1ccccc1. The van der Waals surface area contributed by atoms with E-state index in [1.54, 1.807) is 23.5 Å². The second-order valence-electron chi connectivity index (χ2n) is 10.3. The van der Waals surface area contributed by atoms with E-state index in [1.807, 2.05) is 19.1 Å². The highest BCUT2D eigenvalue weighted by Gasteiger charge is 2.39. The Morgan fingerprint density at radius 1 is 0.976 bits per heavy atom. The van der Waals surface area contributed by atoms with Crippen LogP contribution in [0.5, 0.6) is 0 Å². The normalized spacial score (nSPS) is 17.0. The molecule has 8 heteroatoms. The third kappa shape index (κ3) is 6.55. The summed E-state index contributed by atoms with van der Waals surface area (Å²) < 4.78 is 19.2. The Labute approximate surface area is 251 Å². The van der Waals surface area contributed by atoms with Crippen LogP contribution < -0.4 is 10.6 Å². The molecule has 2 atom stereocenters. The lowest BCUT2D eigenvalue weighted by Gasteiger charge is -2.40. The molecule has 218 valence electrons. The number of hydrogen-bond acceptors (Lipinski definition) is 5. The Hall–Kier alpha value is -4.01. The van der Waals surface area contributed by atoms with E-state index in [1.165, 1.54) is 17.7 Å². The fraction of sp³-hybridized carbons (Fsp3) is 0.294. The third-order valence-electron chi connectivity index (χ3n) is 7.48. The summed E-state index contributed by atoms with van der Waals surface area (Å²) in [5, 5.41) is 7.43. The van der Waals surface area contributed by atoms with Gasteiger partial charge < -0.3 is 15.4 Å². The van der Waals surface area contributed by atoms with Crippen LogP contribution in [0, 0.1) is 5.82 Å². The monoisotopic (exact) mass is 584 g/mol. The number of hydrogen-bond donors (Lipinski definition) is 2. The number of esters is 1. The Kier molecular flexibility index (Phi) is 9.66. The molecule has 1 aliphatic rings. The molecule has 42 heavy (non-hydrogen) atoms. The summed E-state index contributed by atoms with van der Waals surface area (Å²) >= 11 is 1.57. The minimum Gasteiger partial charge on any atom is -0.462 e. The van der Waals surface area contributed by atoms with Gasteiger partial charge >= 0.3 is 5.97 Å². The van der Waals surface area contributed by atoms with Crippen LogP contribution in [0.3, 0.4) is 0 Å². The molecule has 0 radical (unpaired) electrons. The van der Waals surface area contributed by atoms with Gasteiger partial charge in [0, 0.05) is 23.2 Å². The van der Waals surface area contributed by atoms with Crippen molar-refractivity contribution in [2.24, 2.45) is 4.99 Å². The molecule has 1 aliphatic heterocycles. The number of anilines is 2.